The molecule has 0 aliphatic heterocycles. The first kappa shape index (κ1) is 28.4. The lowest BCUT2D eigenvalue weighted by molar-refractivity contribution is -0.137. The number of carbonyl (C=O) groups is 2. The number of rotatable bonds is 13. The molecule has 0 unspecified atom stereocenters. The predicted octanol–water partition coefficient (Wildman–Crippen LogP) is 4.44. The number of hydrogen-bond acceptors (Lipinski definition) is 8. The van der Waals surface area contributed by atoms with Gasteiger partial charge < -0.3 is 28.8 Å². The number of allylic oxidation sites excluding steroid dienone is 2. The van der Waals surface area contributed by atoms with Crippen LogP contribution in [0.15, 0.2) is 72.3 Å². The third kappa shape index (κ3) is 9.44. The van der Waals surface area contributed by atoms with Crippen molar-refractivity contribution in [2.24, 2.45) is 0 Å². The normalized spacial score (nSPS) is 13.1. The summed E-state index contributed by atoms with van der Waals surface area (Å²) in [5, 5.41) is 11.7. The van der Waals surface area contributed by atoms with Gasteiger partial charge in [0.15, 0.2) is 6.10 Å². The van der Waals surface area contributed by atoms with E-state index >= 15 is 0 Å². The molecule has 194 valence electrons. The van der Waals surface area contributed by atoms with E-state index in [1.165, 1.54) is 13.2 Å². The van der Waals surface area contributed by atoms with Gasteiger partial charge in [-0.25, -0.2) is 9.59 Å². The molecule has 0 saturated heterocycles. The van der Waals surface area contributed by atoms with Crippen molar-refractivity contribution in [2.45, 2.75) is 26.1 Å². The summed E-state index contributed by atoms with van der Waals surface area (Å²) in [4.78, 5) is 24.5. The first-order chi connectivity index (χ1) is 17.4. The number of esters is 1. The lowest BCUT2D eigenvalue weighted by Gasteiger charge is -2.25. The molecule has 0 heterocycles. The third-order valence-corrected chi connectivity index (χ3v) is 4.89. The van der Waals surface area contributed by atoms with Gasteiger partial charge in [-0.1, -0.05) is 24.3 Å². The standard InChI is InChI=1S/C27H33NO8/c1-5-34-25(30)18-19(2)6-15-24(33-4)26(20-7-11-23(12-8-20)35-17-16-29)36-27(31)28-21-9-13-22(32-3)14-10-21/h6-15,18,24,26,29H,5,16-17H2,1-4H3,(H,28,31)/b15-6+,19-18+/t24-,26-/m0/s1. The second-order valence-electron chi connectivity index (χ2n) is 7.52. The highest BCUT2D eigenvalue weighted by molar-refractivity contribution is 5.85. The van der Waals surface area contributed by atoms with Gasteiger partial charge in [-0.15, -0.1) is 0 Å². The first-order valence-corrected chi connectivity index (χ1v) is 11.4. The van der Waals surface area contributed by atoms with E-state index in [1.54, 1.807) is 81.6 Å². The van der Waals surface area contributed by atoms with Gasteiger partial charge in [0.05, 0.1) is 20.3 Å². The Labute approximate surface area is 211 Å². The van der Waals surface area contributed by atoms with E-state index in [2.05, 4.69) is 5.32 Å². The predicted molar refractivity (Wildman–Crippen MR) is 135 cm³/mol. The van der Waals surface area contributed by atoms with Crippen molar-refractivity contribution in [3.8, 4) is 11.5 Å². The third-order valence-electron chi connectivity index (χ3n) is 4.89. The number of nitrogens with one attached hydrogen (secondary N) is 1. The molecule has 0 bridgehead atoms. The molecular weight excluding hydrogens is 466 g/mol. The lowest BCUT2D eigenvalue weighted by Crippen LogP contribution is -2.26. The largest absolute Gasteiger partial charge is 0.497 e. The average Bonchev–Trinajstić information content (AvgIpc) is 2.88. The number of amides is 1. The highest BCUT2D eigenvalue weighted by Gasteiger charge is 2.26. The molecule has 9 nitrogen and oxygen atoms in total. The Morgan fingerprint density at radius 1 is 1.03 bits per heavy atom. The molecule has 2 aromatic carbocycles. The van der Waals surface area contributed by atoms with Crippen molar-refractivity contribution < 1.29 is 38.4 Å². The van der Waals surface area contributed by atoms with Crippen molar-refractivity contribution in [1.29, 1.82) is 0 Å². The lowest BCUT2D eigenvalue weighted by atomic mass is 10.0. The van der Waals surface area contributed by atoms with Gasteiger partial charge in [-0.05, 0) is 61.4 Å². The highest BCUT2D eigenvalue weighted by Crippen LogP contribution is 2.28. The number of carbonyl (C=O) groups excluding carboxylic acids is 2. The number of anilines is 1. The van der Waals surface area contributed by atoms with E-state index in [0.717, 1.165) is 0 Å². The average molecular weight is 500 g/mol. The number of methoxy groups -OCH3 is 2. The summed E-state index contributed by atoms with van der Waals surface area (Å²) in [5.74, 6) is 0.775. The molecule has 9 heteroatoms. The number of ether oxygens (including phenoxy) is 5. The molecule has 0 radical (unpaired) electrons. The number of benzene rings is 2. The summed E-state index contributed by atoms with van der Waals surface area (Å²) in [5.41, 5.74) is 1.83. The zero-order valence-electron chi connectivity index (χ0n) is 20.9. The van der Waals surface area contributed by atoms with Crippen LogP contribution in [-0.4, -0.2) is 57.3 Å². The fourth-order valence-corrected chi connectivity index (χ4v) is 3.15. The minimum absolute atomic E-state index is 0.103. The van der Waals surface area contributed by atoms with Gasteiger partial charge in [0.25, 0.3) is 0 Å². The zero-order chi connectivity index (χ0) is 26.3. The maximum absolute atomic E-state index is 12.8. The topological polar surface area (TPSA) is 113 Å². The van der Waals surface area contributed by atoms with E-state index < -0.39 is 24.3 Å². The maximum Gasteiger partial charge on any atom is 0.412 e. The molecule has 0 aliphatic carbocycles. The minimum atomic E-state index is -0.827. The zero-order valence-corrected chi connectivity index (χ0v) is 20.9. The highest BCUT2D eigenvalue weighted by atomic mass is 16.6. The van der Waals surface area contributed by atoms with Crippen LogP contribution in [0.5, 0.6) is 11.5 Å². The second-order valence-corrected chi connectivity index (χ2v) is 7.52. The Balaban J connectivity index is 2.25. The molecule has 0 spiro atoms. The van der Waals surface area contributed by atoms with Crippen LogP contribution in [-0.2, 0) is 19.0 Å². The second kappa shape index (κ2) is 15.2. The molecule has 0 aromatic heterocycles. The van der Waals surface area contributed by atoms with Gasteiger partial charge in [-0.2, -0.15) is 0 Å². The van der Waals surface area contributed by atoms with Crippen molar-refractivity contribution in [3.05, 3.63) is 77.9 Å². The monoisotopic (exact) mass is 499 g/mol. The van der Waals surface area contributed by atoms with Crippen LogP contribution in [0, 0.1) is 0 Å². The van der Waals surface area contributed by atoms with E-state index in [9.17, 15) is 9.59 Å². The molecule has 2 rings (SSSR count). The van der Waals surface area contributed by atoms with Crippen LogP contribution < -0.4 is 14.8 Å². The Kier molecular flexibility index (Phi) is 12.0. The van der Waals surface area contributed by atoms with Gasteiger partial charge in [0.1, 0.15) is 24.2 Å². The van der Waals surface area contributed by atoms with Crippen molar-refractivity contribution in [1.82, 2.24) is 0 Å². The molecule has 2 N–H and O–H groups in total. The summed E-state index contributed by atoms with van der Waals surface area (Å²) in [6.45, 7) is 3.83. The summed E-state index contributed by atoms with van der Waals surface area (Å²) < 4.78 is 26.9. The SMILES string of the molecule is CCOC(=O)/C=C(C)/C=C/[C@H](OC)[C@@H](OC(=O)Nc1ccc(OC)cc1)c1ccc(OCCO)cc1. The van der Waals surface area contributed by atoms with E-state index in [0.29, 0.717) is 28.3 Å². The minimum Gasteiger partial charge on any atom is -0.497 e. The molecule has 0 aliphatic rings. The summed E-state index contributed by atoms with van der Waals surface area (Å²) >= 11 is 0. The number of aliphatic hydroxyl groups excluding tert-OH is 1. The molecular formula is C27H33NO8. The van der Waals surface area contributed by atoms with Crippen LogP contribution in [0.1, 0.15) is 25.5 Å². The first-order valence-electron chi connectivity index (χ1n) is 11.4. The van der Waals surface area contributed by atoms with E-state index in [4.69, 9.17) is 28.8 Å². The van der Waals surface area contributed by atoms with Crippen LogP contribution in [0.2, 0.25) is 0 Å². The molecule has 1 amide bonds. The molecule has 2 aromatic rings. The smallest absolute Gasteiger partial charge is 0.412 e. The molecule has 36 heavy (non-hydrogen) atoms. The number of aliphatic hydroxyl groups is 1. The van der Waals surface area contributed by atoms with Gasteiger partial charge in [-0.3, -0.25) is 5.32 Å². The summed E-state index contributed by atoms with van der Waals surface area (Å²) in [7, 11) is 3.05. The number of hydrogen-bond donors (Lipinski definition) is 2. The molecule has 0 saturated carbocycles. The quantitative estimate of drug-likeness (QED) is 0.236. The van der Waals surface area contributed by atoms with Gasteiger partial charge in [0, 0.05) is 18.9 Å². The van der Waals surface area contributed by atoms with Crippen molar-refractivity contribution in [2.75, 3.05) is 39.4 Å². The molecule has 2 atom stereocenters. The van der Waals surface area contributed by atoms with Gasteiger partial charge in [0.2, 0.25) is 0 Å². The fourth-order valence-electron chi connectivity index (χ4n) is 3.15. The Hall–Kier alpha value is -3.82. The fraction of sp³-hybridized carbons (Fsp3) is 0.333. The Bertz CT molecular complexity index is 1020. The van der Waals surface area contributed by atoms with Crippen LogP contribution in [0.25, 0.3) is 0 Å². The van der Waals surface area contributed by atoms with Crippen LogP contribution >= 0.6 is 0 Å². The Morgan fingerprint density at radius 3 is 2.28 bits per heavy atom. The summed E-state index contributed by atoms with van der Waals surface area (Å²) in [6, 6.07) is 13.8. The van der Waals surface area contributed by atoms with Crippen LogP contribution in [0.3, 0.4) is 0 Å². The van der Waals surface area contributed by atoms with Crippen molar-refractivity contribution in [3.63, 3.8) is 0 Å². The van der Waals surface area contributed by atoms with Crippen molar-refractivity contribution >= 4 is 17.7 Å². The summed E-state index contributed by atoms with van der Waals surface area (Å²) in [6.07, 6.45) is 2.58. The van der Waals surface area contributed by atoms with E-state index in [-0.39, 0.29) is 19.8 Å². The van der Waals surface area contributed by atoms with Crippen LogP contribution in [0.4, 0.5) is 10.5 Å². The van der Waals surface area contributed by atoms with Gasteiger partial charge >= 0.3 is 12.1 Å². The maximum atomic E-state index is 12.8. The Morgan fingerprint density at radius 2 is 1.69 bits per heavy atom. The van der Waals surface area contributed by atoms with E-state index in [1.807, 2.05) is 0 Å². The molecule has 0 fully saturated rings.